The lowest BCUT2D eigenvalue weighted by Gasteiger charge is -2.19. The molecule has 1 amide bonds. The van der Waals surface area contributed by atoms with Gasteiger partial charge in [0.2, 0.25) is 6.79 Å². The van der Waals surface area contributed by atoms with Crippen molar-refractivity contribution in [3.8, 4) is 11.5 Å². The van der Waals surface area contributed by atoms with E-state index in [4.69, 9.17) is 26.1 Å². The van der Waals surface area contributed by atoms with Gasteiger partial charge in [-0.05, 0) is 17.7 Å². The average Bonchev–Trinajstić information content (AvgIpc) is 3.53. The van der Waals surface area contributed by atoms with E-state index in [2.05, 4.69) is 4.98 Å². The van der Waals surface area contributed by atoms with Gasteiger partial charge in [-0.1, -0.05) is 47.2 Å². The predicted molar refractivity (Wildman–Crippen MR) is 127 cm³/mol. The van der Waals surface area contributed by atoms with E-state index in [1.807, 2.05) is 48.5 Å². The number of rotatable bonds is 4. The van der Waals surface area contributed by atoms with Crippen LogP contribution >= 0.6 is 34.3 Å². The van der Waals surface area contributed by atoms with E-state index in [1.54, 1.807) is 17.3 Å². The summed E-state index contributed by atoms with van der Waals surface area (Å²) in [6, 6.07) is 15.3. The lowest BCUT2D eigenvalue weighted by molar-refractivity contribution is 0.0989. The van der Waals surface area contributed by atoms with Crippen LogP contribution in [0.5, 0.6) is 11.5 Å². The Hall–Kier alpha value is -3.20. The van der Waals surface area contributed by atoms with Crippen LogP contribution in [0.15, 0.2) is 60.9 Å². The van der Waals surface area contributed by atoms with Crippen molar-refractivity contribution in [1.82, 2.24) is 9.97 Å². The molecule has 0 fully saturated rings. The van der Waals surface area contributed by atoms with E-state index in [0.717, 1.165) is 25.9 Å². The van der Waals surface area contributed by atoms with Crippen LogP contribution in [0.4, 0.5) is 5.13 Å². The number of amides is 1. The number of nitrogens with zero attached hydrogens (tertiary/aromatic N) is 3. The summed E-state index contributed by atoms with van der Waals surface area (Å²) in [5.41, 5.74) is 1.65. The molecule has 0 radical (unpaired) electrons. The van der Waals surface area contributed by atoms with E-state index >= 15 is 0 Å². The number of ether oxygens (including phenoxy) is 2. The molecule has 0 aliphatic carbocycles. The van der Waals surface area contributed by atoms with Crippen LogP contribution in [0, 0.1) is 0 Å². The number of fused-ring (bicyclic) bond motifs is 3. The van der Waals surface area contributed by atoms with E-state index in [1.165, 1.54) is 22.7 Å². The molecule has 0 spiro atoms. The Morgan fingerprint density at radius 2 is 1.91 bits per heavy atom. The third-order valence-corrected chi connectivity index (χ3v) is 7.84. The van der Waals surface area contributed by atoms with Gasteiger partial charge in [0.1, 0.15) is 4.88 Å². The normalized spacial score (nSPS) is 12.5. The quantitative estimate of drug-likeness (QED) is 0.310. The largest absolute Gasteiger partial charge is 0.454 e. The Labute approximate surface area is 195 Å². The highest BCUT2D eigenvalue weighted by molar-refractivity contribution is 7.23. The number of anilines is 1. The summed E-state index contributed by atoms with van der Waals surface area (Å²) in [7, 11) is 0. The molecule has 4 heterocycles. The third-order valence-electron chi connectivity index (χ3n) is 5.14. The lowest BCUT2D eigenvalue weighted by Crippen LogP contribution is -2.30. The molecule has 3 aromatic heterocycles. The molecule has 6 nitrogen and oxygen atoms in total. The predicted octanol–water partition coefficient (Wildman–Crippen LogP) is 6.14. The molecule has 9 heteroatoms. The Morgan fingerprint density at radius 3 is 2.72 bits per heavy atom. The van der Waals surface area contributed by atoms with Crippen LogP contribution < -0.4 is 14.4 Å². The maximum Gasteiger partial charge on any atom is 0.272 e. The second-order valence-electron chi connectivity index (χ2n) is 7.16. The molecule has 0 atom stereocenters. The SMILES string of the molecule is O=C(c1sc2ccccc2c1Cl)N(Cc1cccnc1)c1nc2cc3c(cc2s1)OCO3. The zero-order chi connectivity index (χ0) is 21.7. The van der Waals surface area contributed by atoms with Gasteiger partial charge in [-0.2, -0.15) is 0 Å². The molecule has 0 unspecified atom stereocenters. The highest BCUT2D eigenvalue weighted by Gasteiger charge is 2.27. The number of hydrogen-bond donors (Lipinski definition) is 0. The molecule has 2 aromatic carbocycles. The van der Waals surface area contributed by atoms with Crippen molar-refractivity contribution in [2.45, 2.75) is 6.54 Å². The van der Waals surface area contributed by atoms with Gasteiger partial charge in [0, 0.05) is 34.6 Å². The van der Waals surface area contributed by atoms with Gasteiger partial charge in [-0.3, -0.25) is 14.7 Å². The zero-order valence-electron chi connectivity index (χ0n) is 16.4. The molecule has 1 aliphatic heterocycles. The second kappa shape index (κ2) is 7.74. The highest BCUT2D eigenvalue weighted by Crippen LogP contribution is 2.41. The van der Waals surface area contributed by atoms with Crippen LogP contribution in [0.2, 0.25) is 5.02 Å². The van der Waals surface area contributed by atoms with Gasteiger partial charge < -0.3 is 9.47 Å². The molecule has 6 rings (SSSR count). The topological polar surface area (TPSA) is 64.6 Å². The maximum atomic E-state index is 13.8. The highest BCUT2D eigenvalue weighted by atomic mass is 35.5. The van der Waals surface area contributed by atoms with Crippen LogP contribution in [0.3, 0.4) is 0 Å². The van der Waals surface area contributed by atoms with Crippen molar-refractivity contribution in [2.75, 3.05) is 11.7 Å². The maximum absolute atomic E-state index is 13.8. The third kappa shape index (κ3) is 3.28. The number of thiophene rings is 1. The molecule has 5 aromatic rings. The average molecular weight is 480 g/mol. The van der Waals surface area contributed by atoms with Gasteiger partial charge >= 0.3 is 0 Å². The molecule has 0 saturated heterocycles. The van der Waals surface area contributed by atoms with Crippen molar-refractivity contribution >= 4 is 65.6 Å². The van der Waals surface area contributed by atoms with Crippen molar-refractivity contribution in [2.24, 2.45) is 0 Å². The summed E-state index contributed by atoms with van der Waals surface area (Å²) in [4.78, 5) is 24.9. The summed E-state index contributed by atoms with van der Waals surface area (Å²) in [5.74, 6) is 1.15. The fraction of sp³-hybridized carbons (Fsp3) is 0.0870. The van der Waals surface area contributed by atoms with Crippen molar-refractivity contribution < 1.29 is 14.3 Å². The Kier molecular flexibility index (Phi) is 4.71. The van der Waals surface area contributed by atoms with Gasteiger partial charge in [0.05, 0.1) is 21.8 Å². The first-order valence-electron chi connectivity index (χ1n) is 9.75. The van der Waals surface area contributed by atoms with Gasteiger partial charge in [-0.15, -0.1) is 11.3 Å². The summed E-state index contributed by atoms with van der Waals surface area (Å²) < 4.78 is 12.8. The fourth-order valence-corrected chi connectivity index (χ4v) is 6.03. The summed E-state index contributed by atoms with van der Waals surface area (Å²) in [5, 5.41) is 1.92. The van der Waals surface area contributed by atoms with Crippen molar-refractivity contribution in [3.63, 3.8) is 0 Å². The van der Waals surface area contributed by atoms with Gasteiger partial charge in [0.25, 0.3) is 5.91 Å². The Morgan fingerprint density at radius 1 is 1.06 bits per heavy atom. The van der Waals surface area contributed by atoms with E-state index in [-0.39, 0.29) is 12.7 Å². The number of carbonyl (C=O) groups is 1. The number of hydrogen-bond acceptors (Lipinski definition) is 7. The first-order valence-corrected chi connectivity index (χ1v) is 11.8. The van der Waals surface area contributed by atoms with Crippen molar-refractivity contribution in [3.05, 3.63) is 76.4 Å². The van der Waals surface area contributed by atoms with Gasteiger partial charge in [-0.25, -0.2) is 4.98 Å². The summed E-state index contributed by atoms with van der Waals surface area (Å²) in [6.45, 7) is 0.527. The number of benzene rings is 2. The van der Waals surface area contributed by atoms with E-state index < -0.39 is 0 Å². The molecule has 1 aliphatic rings. The zero-order valence-corrected chi connectivity index (χ0v) is 18.8. The Balaban J connectivity index is 1.46. The second-order valence-corrected chi connectivity index (χ2v) is 9.60. The minimum absolute atomic E-state index is 0.195. The molecule has 158 valence electrons. The van der Waals surface area contributed by atoms with Crippen LogP contribution in [0.25, 0.3) is 20.3 Å². The summed E-state index contributed by atoms with van der Waals surface area (Å²) >= 11 is 9.45. The monoisotopic (exact) mass is 479 g/mol. The number of pyridine rings is 1. The van der Waals surface area contributed by atoms with Crippen LogP contribution in [-0.4, -0.2) is 22.7 Å². The minimum Gasteiger partial charge on any atom is -0.454 e. The molecular formula is C23H14ClN3O3S2. The van der Waals surface area contributed by atoms with E-state index in [0.29, 0.717) is 33.1 Å². The van der Waals surface area contributed by atoms with Crippen molar-refractivity contribution in [1.29, 1.82) is 0 Å². The lowest BCUT2D eigenvalue weighted by atomic mass is 10.2. The first-order chi connectivity index (χ1) is 15.7. The molecule has 0 saturated carbocycles. The van der Waals surface area contributed by atoms with Crippen LogP contribution in [-0.2, 0) is 6.54 Å². The molecular weight excluding hydrogens is 466 g/mol. The number of thiazole rings is 1. The smallest absolute Gasteiger partial charge is 0.272 e. The number of halogens is 1. The van der Waals surface area contributed by atoms with Gasteiger partial charge in [0.15, 0.2) is 16.6 Å². The molecule has 0 N–H and O–H groups in total. The van der Waals surface area contributed by atoms with Crippen LogP contribution in [0.1, 0.15) is 15.2 Å². The summed E-state index contributed by atoms with van der Waals surface area (Å²) in [6.07, 6.45) is 3.45. The molecule has 32 heavy (non-hydrogen) atoms. The Bertz CT molecular complexity index is 1440. The fourth-order valence-electron chi connectivity index (χ4n) is 3.60. The van der Waals surface area contributed by atoms with E-state index in [9.17, 15) is 4.79 Å². The first kappa shape index (κ1) is 19.5. The number of aromatic nitrogens is 2. The minimum atomic E-state index is -0.195. The molecule has 0 bridgehead atoms. The number of carbonyl (C=O) groups excluding carboxylic acids is 1. The standard InChI is InChI=1S/C23H14ClN3O3S2/c24-20-14-5-1-2-6-18(14)31-21(20)22(28)27(11-13-4-3-7-25-10-13)23-26-15-8-16-17(30-12-29-16)9-19(15)32-23/h1-10H,11-12H2.